The number of rotatable bonds is 2. The lowest BCUT2D eigenvalue weighted by molar-refractivity contribution is 0.0895. The highest BCUT2D eigenvalue weighted by Gasteiger charge is 2.26. The first-order valence-electron chi connectivity index (χ1n) is 6.04. The van der Waals surface area contributed by atoms with Crippen LogP contribution in [0.2, 0.25) is 0 Å². The molecule has 0 bridgehead atoms. The van der Waals surface area contributed by atoms with Gasteiger partial charge in [0, 0.05) is 24.0 Å². The van der Waals surface area contributed by atoms with Crippen molar-refractivity contribution in [2.75, 3.05) is 6.61 Å². The maximum Gasteiger partial charge on any atom is 0.253 e. The molecule has 0 aliphatic heterocycles. The second-order valence-electron chi connectivity index (χ2n) is 4.67. The van der Waals surface area contributed by atoms with Crippen molar-refractivity contribution >= 4 is 5.91 Å². The number of aliphatic hydroxyl groups excluding tert-OH is 1. The predicted molar refractivity (Wildman–Crippen MR) is 67.9 cm³/mol. The van der Waals surface area contributed by atoms with Gasteiger partial charge in [0.25, 0.3) is 5.91 Å². The summed E-state index contributed by atoms with van der Waals surface area (Å²) in [6.45, 7) is 1.98. The Kier molecular flexibility index (Phi) is 3.96. The van der Waals surface area contributed by atoms with Crippen molar-refractivity contribution in [1.29, 1.82) is 0 Å². The molecule has 1 heterocycles. The first-order valence-corrected chi connectivity index (χ1v) is 6.04. The maximum atomic E-state index is 11.9. The lowest BCUT2D eigenvalue weighted by atomic mass is 9.82. The van der Waals surface area contributed by atoms with Crippen LogP contribution in [0.3, 0.4) is 0 Å². The van der Waals surface area contributed by atoms with Gasteiger partial charge in [-0.15, -0.1) is 0 Å². The van der Waals surface area contributed by atoms with Crippen molar-refractivity contribution in [2.45, 2.75) is 25.8 Å². The van der Waals surface area contributed by atoms with Gasteiger partial charge in [-0.1, -0.05) is 18.8 Å². The SMILES string of the molecule is CC1CC(NC(=O)c2cncc(C#CCO)c2)C1. The lowest BCUT2D eigenvalue weighted by Gasteiger charge is -2.33. The fourth-order valence-corrected chi connectivity index (χ4v) is 2.06. The Morgan fingerprint density at radius 3 is 3.00 bits per heavy atom. The molecule has 0 aromatic carbocycles. The summed E-state index contributed by atoms with van der Waals surface area (Å²) in [5.41, 5.74) is 1.15. The van der Waals surface area contributed by atoms with E-state index in [1.165, 1.54) is 6.20 Å². The standard InChI is InChI=1S/C14H16N2O2/c1-10-5-13(6-10)16-14(18)12-7-11(3-2-4-17)8-15-9-12/h7-10,13,17H,4-6H2,1H3,(H,16,18). The summed E-state index contributed by atoms with van der Waals surface area (Å²) in [5, 5.41) is 11.6. The van der Waals surface area contributed by atoms with Crippen molar-refractivity contribution in [3.63, 3.8) is 0 Å². The van der Waals surface area contributed by atoms with Crippen LogP contribution in [0.4, 0.5) is 0 Å². The molecule has 0 saturated heterocycles. The first kappa shape index (κ1) is 12.6. The topological polar surface area (TPSA) is 62.2 Å². The second kappa shape index (κ2) is 5.65. The average molecular weight is 244 g/mol. The molecule has 1 saturated carbocycles. The van der Waals surface area contributed by atoms with E-state index in [1.807, 2.05) is 0 Å². The first-order chi connectivity index (χ1) is 8.69. The molecule has 2 N–H and O–H groups in total. The third kappa shape index (κ3) is 3.08. The number of aliphatic hydroxyl groups is 1. The molecule has 0 radical (unpaired) electrons. The molecule has 1 amide bonds. The van der Waals surface area contributed by atoms with E-state index in [-0.39, 0.29) is 12.5 Å². The molecule has 0 spiro atoms. The molecule has 1 aliphatic rings. The van der Waals surface area contributed by atoms with Crippen molar-refractivity contribution < 1.29 is 9.90 Å². The normalized spacial score (nSPS) is 21.4. The number of aromatic nitrogens is 1. The van der Waals surface area contributed by atoms with Crippen LogP contribution in [0, 0.1) is 17.8 Å². The minimum absolute atomic E-state index is 0.105. The zero-order valence-electron chi connectivity index (χ0n) is 10.3. The fourth-order valence-electron chi connectivity index (χ4n) is 2.06. The van der Waals surface area contributed by atoms with Crippen molar-refractivity contribution in [3.05, 3.63) is 29.6 Å². The van der Waals surface area contributed by atoms with Crippen LogP contribution in [-0.2, 0) is 0 Å². The number of hydrogen-bond donors (Lipinski definition) is 2. The molecular weight excluding hydrogens is 228 g/mol. The van der Waals surface area contributed by atoms with Gasteiger partial charge in [-0.3, -0.25) is 9.78 Å². The van der Waals surface area contributed by atoms with Crippen molar-refractivity contribution in [2.24, 2.45) is 5.92 Å². The predicted octanol–water partition coefficient (Wildman–Crippen LogP) is 0.954. The molecule has 4 heteroatoms. The number of carbonyl (C=O) groups excluding carboxylic acids is 1. The van der Waals surface area contributed by atoms with Crippen LogP contribution in [0.1, 0.15) is 35.7 Å². The van der Waals surface area contributed by atoms with E-state index in [0.29, 0.717) is 23.1 Å². The third-order valence-corrected chi connectivity index (χ3v) is 3.02. The van der Waals surface area contributed by atoms with E-state index < -0.39 is 0 Å². The Hall–Kier alpha value is -1.86. The molecule has 2 rings (SSSR count). The Labute approximate surface area is 106 Å². The van der Waals surface area contributed by atoms with Gasteiger partial charge in [0.15, 0.2) is 0 Å². The van der Waals surface area contributed by atoms with Crippen LogP contribution in [0.5, 0.6) is 0 Å². The van der Waals surface area contributed by atoms with Gasteiger partial charge in [0.05, 0.1) is 5.56 Å². The lowest BCUT2D eigenvalue weighted by Crippen LogP contribution is -2.43. The monoisotopic (exact) mass is 244 g/mol. The van der Waals surface area contributed by atoms with Gasteiger partial charge in [-0.2, -0.15) is 0 Å². The zero-order valence-corrected chi connectivity index (χ0v) is 10.3. The number of nitrogens with one attached hydrogen (secondary N) is 1. The Balaban J connectivity index is 2.01. The number of carbonyl (C=O) groups is 1. The minimum atomic E-state index is -0.198. The Morgan fingerprint density at radius 2 is 2.33 bits per heavy atom. The van der Waals surface area contributed by atoms with E-state index in [4.69, 9.17) is 5.11 Å². The number of amides is 1. The smallest absolute Gasteiger partial charge is 0.253 e. The summed E-state index contributed by atoms with van der Waals surface area (Å²) < 4.78 is 0. The van der Waals surface area contributed by atoms with Crippen LogP contribution < -0.4 is 5.32 Å². The van der Waals surface area contributed by atoms with Crippen LogP contribution >= 0.6 is 0 Å². The summed E-state index contributed by atoms with van der Waals surface area (Å²) in [6.07, 6.45) is 5.19. The van der Waals surface area contributed by atoms with Gasteiger partial charge in [-0.05, 0) is 24.8 Å². The van der Waals surface area contributed by atoms with Crippen LogP contribution in [-0.4, -0.2) is 28.6 Å². The van der Waals surface area contributed by atoms with Gasteiger partial charge in [0.1, 0.15) is 6.61 Å². The van der Waals surface area contributed by atoms with Crippen molar-refractivity contribution in [1.82, 2.24) is 10.3 Å². The maximum absolute atomic E-state index is 11.9. The molecule has 18 heavy (non-hydrogen) atoms. The van der Waals surface area contributed by atoms with E-state index >= 15 is 0 Å². The average Bonchev–Trinajstić information content (AvgIpc) is 2.35. The molecule has 1 aliphatic carbocycles. The second-order valence-corrected chi connectivity index (χ2v) is 4.67. The zero-order chi connectivity index (χ0) is 13.0. The molecular formula is C14H16N2O2. The highest BCUT2D eigenvalue weighted by Crippen LogP contribution is 2.26. The molecule has 0 atom stereocenters. The minimum Gasteiger partial charge on any atom is -0.384 e. The van der Waals surface area contributed by atoms with E-state index in [1.54, 1.807) is 12.3 Å². The number of nitrogens with zero attached hydrogens (tertiary/aromatic N) is 1. The molecule has 1 aromatic rings. The Morgan fingerprint density at radius 1 is 1.56 bits per heavy atom. The third-order valence-electron chi connectivity index (χ3n) is 3.02. The summed E-state index contributed by atoms with van der Waals surface area (Å²) >= 11 is 0. The van der Waals surface area contributed by atoms with Gasteiger partial charge >= 0.3 is 0 Å². The largest absolute Gasteiger partial charge is 0.384 e. The van der Waals surface area contributed by atoms with E-state index in [2.05, 4.69) is 29.1 Å². The number of pyridine rings is 1. The summed E-state index contributed by atoms with van der Waals surface area (Å²) in [5.74, 6) is 5.87. The van der Waals surface area contributed by atoms with Gasteiger partial charge in [-0.25, -0.2) is 0 Å². The molecule has 0 unspecified atom stereocenters. The van der Waals surface area contributed by atoms with Crippen LogP contribution in [0.15, 0.2) is 18.5 Å². The van der Waals surface area contributed by atoms with E-state index in [9.17, 15) is 4.79 Å². The molecule has 1 fully saturated rings. The van der Waals surface area contributed by atoms with Crippen LogP contribution in [0.25, 0.3) is 0 Å². The summed E-state index contributed by atoms with van der Waals surface area (Å²) in [6, 6.07) is 1.98. The molecule has 94 valence electrons. The highest BCUT2D eigenvalue weighted by molar-refractivity contribution is 5.94. The molecule has 4 nitrogen and oxygen atoms in total. The molecule has 1 aromatic heterocycles. The summed E-state index contributed by atoms with van der Waals surface area (Å²) in [7, 11) is 0. The number of hydrogen-bond acceptors (Lipinski definition) is 3. The Bertz CT molecular complexity index is 496. The van der Waals surface area contributed by atoms with E-state index in [0.717, 1.165) is 12.8 Å². The quantitative estimate of drug-likeness (QED) is 0.761. The highest BCUT2D eigenvalue weighted by atomic mass is 16.2. The fraction of sp³-hybridized carbons (Fsp3) is 0.429. The van der Waals surface area contributed by atoms with Gasteiger partial charge in [0.2, 0.25) is 0 Å². The van der Waals surface area contributed by atoms with Crippen molar-refractivity contribution in [3.8, 4) is 11.8 Å². The summed E-state index contributed by atoms with van der Waals surface area (Å²) in [4.78, 5) is 15.9. The van der Waals surface area contributed by atoms with Gasteiger partial charge < -0.3 is 10.4 Å².